The Morgan fingerprint density at radius 3 is 2.46 bits per heavy atom. The van der Waals surface area contributed by atoms with Crippen LogP contribution in [0.15, 0.2) is 23.1 Å². The van der Waals surface area contributed by atoms with Gasteiger partial charge in [0.15, 0.2) is 0 Å². The maximum atomic E-state index is 12.8. The number of benzene rings is 1. The largest absolute Gasteiger partial charge is 0.416 e. The molecule has 2 amide bonds. The molecule has 0 saturated carbocycles. The van der Waals surface area contributed by atoms with Crippen molar-refractivity contribution < 1.29 is 22.8 Å². The lowest BCUT2D eigenvalue weighted by molar-refractivity contribution is -0.137. The molecular weight excluding hydrogens is 391 g/mol. The zero-order chi connectivity index (χ0) is 21.1. The van der Waals surface area contributed by atoms with Gasteiger partial charge >= 0.3 is 6.18 Å². The molecule has 0 saturated heterocycles. The van der Waals surface area contributed by atoms with Crippen LogP contribution in [0.3, 0.4) is 0 Å². The fraction of sp³-hybridized carbons (Fsp3) is 0.579. The average molecular weight is 417 g/mol. The van der Waals surface area contributed by atoms with E-state index in [9.17, 15) is 22.8 Å². The monoisotopic (exact) mass is 417 g/mol. The molecular formula is C19H26F3N3O2S. The summed E-state index contributed by atoms with van der Waals surface area (Å²) in [5.41, 5.74) is -0.686. The van der Waals surface area contributed by atoms with E-state index < -0.39 is 22.9 Å². The van der Waals surface area contributed by atoms with Crippen molar-refractivity contribution in [2.24, 2.45) is 0 Å². The van der Waals surface area contributed by atoms with Crippen molar-refractivity contribution in [3.8, 4) is 0 Å². The number of thioether (sulfide) groups is 1. The van der Waals surface area contributed by atoms with Gasteiger partial charge in [-0.25, -0.2) is 0 Å². The van der Waals surface area contributed by atoms with Crippen LogP contribution in [-0.2, 0) is 15.8 Å². The smallest absolute Gasteiger partial charge is 0.355 e. The molecule has 5 nitrogen and oxygen atoms in total. The van der Waals surface area contributed by atoms with E-state index in [-0.39, 0.29) is 18.0 Å². The van der Waals surface area contributed by atoms with Gasteiger partial charge in [-0.2, -0.15) is 13.2 Å². The molecule has 1 aromatic rings. The first-order valence-electron chi connectivity index (χ1n) is 9.20. The predicted octanol–water partition coefficient (Wildman–Crippen LogP) is 3.74. The van der Waals surface area contributed by atoms with Gasteiger partial charge in [-0.3, -0.25) is 14.5 Å². The van der Waals surface area contributed by atoms with Gasteiger partial charge < -0.3 is 10.6 Å². The van der Waals surface area contributed by atoms with Crippen LogP contribution in [0.4, 0.5) is 18.9 Å². The van der Waals surface area contributed by atoms with Gasteiger partial charge in [-0.1, -0.05) is 0 Å². The van der Waals surface area contributed by atoms with E-state index in [0.717, 1.165) is 23.9 Å². The number of nitrogens with zero attached hydrogens (tertiary/aromatic N) is 1. The summed E-state index contributed by atoms with van der Waals surface area (Å²) in [6, 6.07) is 3.94. The SMILES string of the molecule is CC(C)N(CCNC(=O)CC1Sc2ccc(C(F)(F)F)cc2NC1=O)C(C)C. The summed E-state index contributed by atoms with van der Waals surface area (Å²) in [6.07, 6.45) is -4.50. The molecule has 0 aromatic heterocycles. The Morgan fingerprint density at radius 2 is 1.89 bits per heavy atom. The van der Waals surface area contributed by atoms with Gasteiger partial charge in [0.2, 0.25) is 11.8 Å². The molecule has 9 heteroatoms. The molecule has 28 heavy (non-hydrogen) atoms. The zero-order valence-corrected chi connectivity index (χ0v) is 17.2. The minimum absolute atomic E-state index is 0.0275. The minimum Gasteiger partial charge on any atom is -0.355 e. The third-order valence-electron chi connectivity index (χ3n) is 4.52. The lowest BCUT2D eigenvalue weighted by Crippen LogP contribution is -2.43. The lowest BCUT2D eigenvalue weighted by Gasteiger charge is -2.30. The number of halogens is 3. The molecule has 1 aromatic carbocycles. The second-order valence-corrected chi connectivity index (χ2v) is 8.53. The van der Waals surface area contributed by atoms with Gasteiger partial charge in [0, 0.05) is 36.5 Å². The third kappa shape index (κ3) is 5.88. The fourth-order valence-corrected chi connectivity index (χ4v) is 4.23. The normalized spacial score (nSPS) is 17.1. The maximum absolute atomic E-state index is 12.8. The number of carbonyl (C=O) groups excluding carboxylic acids is 2. The van der Waals surface area contributed by atoms with Gasteiger partial charge in [0.1, 0.15) is 0 Å². The molecule has 156 valence electrons. The number of nitrogens with one attached hydrogen (secondary N) is 2. The standard InChI is InChI=1S/C19H26F3N3O2S/c1-11(2)25(12(3)4)8-7-23-17(26)10-16-18(27)24-14-9-13(19(20,21)22)5-6-15(14)28-16/h5-6,9,11-12,16H,7-8,10H2,1-4H3,(H,23,26)(H,24,27). The summed E-state index contributed by atoms with van der Waals surface area (Å²) < 4.78 is 38.4. The first-order chi connectivity index (χ1) is 13.0. The molecule has 1 aliphatic rings. The molecule has 1 atom stereocenters. The van der Waals surface area contributed by atoms with E-state index >= 15 is 0 Å². The van der Waals surface area contributed by atoms with E-state index in [1.807, 2.05) is 0 Å². The highest BCUT2D eigenvalue weighted by Crippen LogP contribution is 2.40. The van der Waals surface area contributed by atoms with Gasteiger partial charge in [-0.05, 0) is 45.9 Å². The van der Waals surface area contributed by atoms with Crippen LogP contribution >= 0.6 is 11.8 Å². The van der Waals surface area contributed by atoms with Crippen molar-refractivity contribution >= 4 is 29.3 Å². The Bertz CT molecular complexity index is 715. The van der Waals surface area contributed by atoms with Gasteiger partial charge in [0.25, 0.3) is 0 Å². The molecule has 1 aliphatic heterocycles. The molecule has 1 heterocycles. The molecule has 2 N–H and O–H groups in total. The summed E-state index contributed by atoms with van der Waals surface area (Å²) in [6.45, 7) is 9.53. The Hall–Kier alpha value is -1.74. The maximum Gasteiger partial charge on any atom is 0.416 e. The van der Waals surface area contributed by atoms with Gasteiger partial charge in [0.05, 0.1) is 16.5 Å². The Kier molecular flexibility index (Phi) is 7.39. The van der Waals surface area contributed by atoms with Crippen LogP contribution in [0.1, 0.15) is 39.7 Å². The Labute approximate surface area is 167 Å². The third-order valence-corrected chi connectivity index (χ3v) is 5.79. The topological polar surface area (TPSA) is 61.4 Å². The summed E-state index contributed by atoms with van der Waals surface area (Å²) in [5.74, 6) is -0.714. The van der Waals surface area contributed by atoms with Crippen molar-refractivity contribution in [2.45, 2.75) is 62.5 Å². The van der Waals surface area contributed by atoms with Crippen LogP contribution in [0.5, 0.6) is 0 Å². The van der Waals surface area contributed by atoms with Crippen molar-refractivity contribution in [2.75, 3.05) is 18.4 Å². The molecule has 0 radical (unpaired) electrons. The van der Waals surface area contributed by atoms with Crippen LogP contribution < -0.4 is 10.6 Å². The highest BCUT2D eigenvalue weighted by molar-refractivity contribution is 8.01. The van der Waals surface area contributed by atoms with E-state index in [1.54, 1.807) is 0 Å². The molecule has 0 aliphatic carbocycles. The van der Waals surface area contributed by atoms with Crippen molar-refractivity contribution in [3.05, 3.63) is 23.8 Å². The van der Waals surface area contributed by atoms with E-state index in [2.05, 4.69) is 43.2 Å². The molecule has 0 spiro atoms. The number of anilines is 1. The van der Waals surface area contributed by atoms with Crippen LogP contribution in [0.25, 0.3) is 0 Å². The number of carbonyl (C=O) groups is 2. The number of amides is 2. The fourth-order valence-electron chi connectivity index (χ4n) is 3.14. The molecule has 1 unspecified atom stereocenters. The highest BCUT2D eigenvalue weighted by Gasteiger charge is 2.34. The van der Waals surface area contributed by atoms with Crippen LogP contribution in [0, 0.1) is 0 Å². The van der Waals surface area contributed by atoms with E-state index in [4.69, 9.17) is 0 Å². The van der Waals surface area contributed by atoms with E-state index in [0.29, 0.717) is 30.1 Å². The quantitative estimate of drug-likeness (QED) is 0.710. The first-order valence-corrected chi connectivity index (χ1v) is 10.1. The second kappa shape index (κ2) is 9.17. The van der Waals surface area contributed by atoms with Crippen molar-refractivity contribution in [1.82, 2.24) is 10.2 Å². The Morgan fingerprint density at radius 1 is 1.25 bits per heavy atom. The summed E-state index contributed by atoms with van der Waals surface area (Å²) in [4.78, 5) is 27.2. The number of fused-ring (bicyclic) bond motifs is 1. The van der Waals surface area contributed by atoms with Crippen LogP contribution in [-0.4, -0.2) is 47.1 Å². The van der Waals surface area contributed by atoms with Crippen LogP contribution in [0.2, 0.25) is 0 Å². The second-order valence-electron chi connectivity index (χ2n) is 7.28. The number of hydrogen-bond donors (Lipinski definition) is 2. The highest BCUT2D eigenvalue weighted by atomic mass is 32.2. The van der Waals surface area contributed by atoms with Crippen molar-refractivity contribution in [1.29, 1.82) is 0 Å². The molecule has 0 fully saturated rings. The number of rotatable bonds is 7. The summed E-state index contributed by atoms with van der Waals surface area (Å²) in [7, 11) is 0. The van der Waals surface area contributed by atoms with E-state index in [1.165, 1.54) is 6.07 Å². The average Bonchev–Trinajstić information content (AvgIpc) is 2.57. The number of hydrogen-bond acceptors (Lipinski definition) is 4. The minimum atomic E-state index is -4.47. The number of alkyl halides is 3. The Balaban J connectivity index is 1.91. The summed E-state index contributed by atoms with van der Waals surface area (Å²) in [5, 5.41) is 4.63. The zero-order valence-electron chi connectivity index (χ0n) is 16.4. The molecule has 2 rings (SSSR count). The first kappa shape index (κ1) is 22.5. The molecule has 0 bridgehead atoms. The lowest BCUT2D eigenvalue weighted by atomic mass is 10.1. The summed E-state index contributed by atoms with van der Waals surface area (Å²) >= 11 is 1.11. The van der Waals surface area contributed by atoms with Gasteiger partial charge in [-0.15, -0.1) is 11.8 Å². The predicted molar refractivity (Wildman–Crippen MR) is 104 cm³/mol. The van der Waals surface area contributed by atoms with Crippen molar-refractivity contribution in [3.63, 3.8) is 0 Å².